The van der Waals surface area contributed by atoms with Crippen LogP contribution in [0.2, 0.25) is 0 Å². The van der Waals surface area contributed by atoms with Crippen molar-refractivity contribution in [3.05, 3.63) is 51.7 Å². The Morgan fingerprint density at radius 1 is 1.18 bits per heavy atom. The van der Waals surface area contributed by atoms with Crippen molar-refractivity contribution in [2.75, 3.05) is 0 Å². The SMILES string of the molecule is Cc1cc(C)c(Cc2oc(C(C)(C)C)nc2C(=O)O)c(C)c1. The summed E-state index contributed by atoms with van der Waals surface area (Å²) >= 11 is 0. The number of aromatic nitrogens is 1. The lowest BCUT2D eigenvalue weighted by Gasteiger charge is -2.12. The van der Waals surface area contributed by atoms with Crippen molar-refractivity contribution in [1.29, 1.82) is 0 Å². The van der Waals surface area contributed by atoms with E-state index in [0.29, 0.717) is 18.1 Å². The summed E-state index contributed by atoms with van der Waals surface area (Å²) in [5.74, 6) is -0.161. The molecule has 0 amide bonds. The number of rotatable bonds is 3. The zero-order valence-corrected chi connectivity index (χ0v) is 14.1. The average Bonchev–Trinajstić information content (AvgIpc) is 2.77. The van der Waals surface area contributed by atoms with Crippen LogP contribution in [-0.2, 0) is 11.8 Å². The molecule has 4 nitrogen and oxygen atoms in total. The Kier molecular flexibility index (Phi) is 4.14. The summed E-state index contributed by atoms with van der Waals surface area (Å²) in [6.07, 6.45) is 0.447. The first-order valence-electron chi connectivity index (χ1n) is 7.40. The molecule has 0 bridgehead atoms. The number of oxazole rings is 1. The van der Waals surface area contributed by atoms with E-state index in [1.807, 2.05) is 34.6 Å². The first kappa shape index (κ1) is 16.3. The van der Waals surface area contributed by atoms with Crippen LogP contribution in [0.1, 0.15) is 65.2 Å². The minimum atomic E-state index is -1.04. The number of carboxylic acid groups (broad SMARTS) is 1. The monoisotopic (exact) mass is 301 g/mol. The van der Waals surface area contributed by atoms with Crippen LogP contribution >= 0.6 is 0 Å². The largest absolute Gasteiger partial charge is 0.476 e. The highest BCUT2D eigenvalue weighted by Crippen LogP contribution is 2.27. The van der Waals surface area contributed by atoms with Gasteiger partial charge in [0.05, 0.1) is 0 Å². The summed E-state index contributed by atoms with van der Waals surface area (Å²) < 4.78 is 5.79. The van der Waals surface area contributed by atoms with Crippen LogP contribution in [0.25, 0.3) is 0 Å². The standard InChI is InChI=1S/C18H23NO3/c1-10-7-11(2)13(12(3)8-10)9-14-15(16(20)21)19-17(22-14)18(4,5)6/h7-8H,9H2,1-6H3,(H,20,21). The molecule has 4 heteroatoms. The summed E-state index contributed by atoms with van der Waals surface area (Å²) in [6.45, 7) is 12.0. The van der Waals surface area contributed by atoms with Crippen molar-refractivity contribution in [3.8, 4) is 0 Å². The van der Waals surface area contributed by atoms with Gasteiger partial charge in [0.15, 0.2) is 5.69 Å². The molecule has 0 fully saturated rings. The lowest BCUT2D eigenvalue weighted by Crippen LogP contribution is -2.12. The highest BCUT2D eigenvalue weighted by atomic mass is 16.4. The molecular formula is C18H23NO3. The molecule has 0 saturated carbocycles. The first-order valence-corrected chi connectivity index (χ1v) is 7.40. The Labute approximate surface area is 131 Å². The molecule has 0 aliphatic rings. The van der Waals surface area contributed by atoms with E-state index in [4.69, 9.17) is 4.42 Å². The quantitative estimate of drug-likeness (QED) is 0.923. The van der Waals surface area contributed by atoms with Crippen molar-refractivity contribution in [3.63, 3.8) is 0 Å². The van der Waals surface area contributed by atoms with Gasteiger partial charge < -0.3 is 9.52 Å². The van der Waals surface area contributed by atoms with Gasteiger partial charge in [-0.1, -0.05) is 38.5 Å². The number of nitrogens with zero attached hydrogens (tertiary/aromatic N) is 1. The third-order valence-corrected chi connectivity index (χ3v) is 3.72. The molecule has 0 atom stereocenters. The molecule has 1 N–H and O–H groups in total. The molecule has 2 aromatic rings. The molecule has 0 aliphatic heterocycles. The Morgan fingerprint density at radius 3 is 2.18 bits per heavy atom. The molecule has 2 rings (SSSR count). The molecule has 1 aromatic heterocycles. The average molecular weight is 301 g/mol. The summed E-state index contributed by atoms with van der Waals surface area (Å²) in [7, 11) is 0. The minimum Gasteiger partial charge on any atom is -0.476 e. The predicted molar refractivity (Wildman–Crippen MR) is 85.6 cm³/mol. The van der Waals surface area contributed by atoms with Gasteiger partial charge in [0.1, 0.15) is 5.76 Å². The maximum absolute atomic E-state index is 11.5. The van der Waals surface area contributed by atoms with Crippen molar-refractivity contribution < 1.29 is 14.3 Å². The van der Waals surface area contributed by atoms with E-state index in [9.17, 15) is 9.90 Å². The summed E-state index contributed by atoms with van der Waals surface area (Å²) in [5, 5.41) is 9.38. The fourth-order valence-corrected chi connectivity index (χ4v) is 2.61. The van der Waals surface area contributed by atoms with Gasteiger partial charge >= 0.3 is 5.97 Å². The van der Waals surface area contributed by atoms with Crippen molar-refractivity contribution in [2.24, 2.45) is 0 Å². The fraction of sp³-hybridized carbons (Fsp3) is 0.444. The maximum Gasteiger partial charge on any atom is 0.358 e. The summed E-state index contributed by atoms with van der Waals surface area (Å²) in [5.41, 5.74) is 4.28. The summed E-state index contributed by atoms with van der Waals surface area (Å²) in [4.78, 5) is 15.6. The van der Waals surface area contributed by atoms with E-state index in [0.717, 1.165) is 16.7 Å². The number of aryl methyl sites for hydroxylation is 3. The normalized spacial score (nSPS) is 11.7. The second kappa shape index (κ2) is 5.59. The molecule has 0 unspecified atom stereocenters. The van der Waals surface area contributed by atoms with Gasteiger partial charge in [-0.25, -0.2) is 9.78 Å². The van der Waals surface area contributed by atoms with Crippen molar-refractivity contribution >= 4 is 5.97 Å². The highest BCUT2D eigenvalue weighted by molar-refractivity contribution is 5.86. The van der Waals surface area contributed by atoms with E-state index < -0.39 is 5.97 Å². The van der Waals surface area contributed by atoms with Gasteiger partial charge in [-0.05, 0) is 37.5 Å². The zero-order valence-electron chi connectivity index (χ0n) is 14.1. The number of hydrogen-bond donors (Lipinski definition) is 1. The molecule has 0 radical (unpaired) electrons. The second-order valence-corrected chi connectivity index (χ2v) is 6.90. The van der Waals surface area contributed by atoms with E-state index in [-0.39, 0.29) is 11.1 Å². The zero-order chi connectivity index (χ0) is 16.7. The van der Waals surface area contributed by atoms with E-state index in [2.05, 4.69) is 24.0 Å². The maximum atomic E-state index is 11.5. The van der Waals surface area contributed by atoms with Gasteiger partial charge in [0.25, 0.3) is 0 Å². The van der Waals surface area contributed by atoms with Crippen LogP contribution in [0.5, 0.6) is 0 Å². The Morgan fingerprint density at radius 2 is 1.73 bits per heavy atom. The summed E-state index contributed by atoms with van der Waals surface area (Å²) in [6, 6.07) is 4.20. The van der Waals surface area contributed by atoms with Crippen molar-refractivity contribution in [2.45, 2.75) is 53.4 Å². The lowest BCUT2D eigenvalue weighted by atomic mass is 9.96. The third-order valence-electron chi connectivity index (χ3n) is 3.72. The molecule has 1 aromatic carbocycles. The van der Waals surface area contributed by atoms with Crippen LogP contribution in [0.4, 0.5) is 0 Å². The second-order valence-electron chi connectivity index (χ2n) is 6.90. The van der Waals surface area contributed by atoms with Gasteiger partial charge in [-0.2, -0.15) is 0 Å². The van der Waals surface area contributed by atoms with Gasteiger partial charge in [0, 0.05) is 11.8 Å². The van der Waals surface area contributed by atoms with Crippen LogP contribution < -0.4 is 0 Å². The topological polar surface area (TPSA) is 63.3 Å². The molecule has 0 saturated heterocycles. The number of carbonyl (C=O) groups is 1. The predicted octanol–water partition coefficient (Wildman–Crippen LogP) is 4.19. The molecule has 0 spiro atoms. The smallest absolute Gasteiger partial charge is 0.358 e. The van der Waals surface area contributed by atoms with E-state index in [1.54, 1.807) is 0 Å². The lowest BCUT2D eigenvalue weighted by molar-refractivity contribution is 0.0689. The first-order chi connectivity index (χ1) is 10.1. The molecular weight excluding hydrogens is 278 g/mol. The van der Waals surface area contributed by atoms with Crippen LogP contribution in [0, 0.1) is 20.8 Å². The van der Waals surface area contributed by atoms with Gasteiger partial charge in [-0.3, -0.25) is 0 Å². The number of carboxylic acids is 1. The Balaban J connectivity index is 2.50. The van der Waals surface area contributed by atoms with Crippen LogP contribution in [0.15, 0.2) is 16.5 Å². The number of hydrogen-bond acceptors (Lipinski definition) is 3. The van der Waals surface area contributed by atoms with E-state index in [1.165, 1.54) is 5.56 Å². The van der Waals surface area contributed by atoms with Gasteiger partial charge in [-0.15, -0.1) is 0 Å². The van der Waals surface area contributed by atoms with Crippen LogP contribution in [0.3, 0.4) is 0 Å². The van der Waals surface area contributed by atoms with Crippen molar-refractivity contribution in [1.82, 2.24) is 4.98 Å². The van der Waals surface area contributed by atoms with Crippen LogP contribution in [-0.4, -0.2) is 16.1 Å². The highest BCUT2D eigenvalue weighted by Gasteiger charge is 2.27. The Bertz CT molecular complexity index is 697. The molecule has 1 heterocycles. The molecule has 118 valence electrons. The van der Waals surface area contributed by atoms with Gasteiger partial charge in [0.2, 0.25) is 5.89 Å². The minimum absolute atomic E-state index is 0.0179. The fourth-order valence-electron chi connectivity index (χ4n) is 2.61. The number of benzene rings is 1. The molecule has 0 aliphatic carbocycles. The molecule has 22 heavy (non-hydrogen) atoms. The van der Waals surface area contributed by atoms with E-state index >= 15 is 0 Å². The Hall–Kier alpha value is -2.10. The third kappa shape index (κ3) is 3.21. The number of aromatic carboxylic acids is 1.